The fourth-order valence-corrected chi connectivity index (χ4v) is 2.33. The molecular formula is C14H28O2S. The van der Waals surface area contributed by atoms with Gasteiger partial charge in [-0.3, -0.25) is 4.79 Å². The lowest BCUT2D eigenvalue weighted by Crippen LogP contribution is -2.28. The molecule has 0 radical (unpaired) electrons. The second-order valence-electron chi connectivity index (χ2n) is 5.61. The quantitative estimate of drug-likeness (QED) is 0.583. The predicted octanol–water partition coefficient (Wildman–Crippen LogP) is 4.14. The van der Waals surface area contributed by atoms with Crippen LogP contribution < -0.4 is 0 Å². The third-order valence-electron chi connectivity index (χ3n) is 2.52. The first-order chi connectivity index (χ1) is 7.90. The summed E-state index contributed by atoms with van der Waals surface area (Å²) in [6.45, 7) is 11.7. The summed E-state index contributed by atoms with van der Waals surface area (Å²) in [5.74, 6) is 1.67. The van der Waals surface area contributed by atoms with E-state index in [0.29, 0.717) is 6.61 Å². The van der Waals surface area contributed by atoms with Crippen LogP contribution in [0.15, 0.2) is 0 Å². The standard InChI is InChI=1S/C14H28O2S/c1-6-9-16-11-14(4,5)13(15)17-10-7-8-12(2)3/h12H,6-11H2,1-5H3. The van der Waals surface area contributed by atoms with Crippen molar-refractivity contribution in [1.82, 2.24) is 0 Å². The Kier molecular flexibility index (Phi) is 8.97. The summed E-state index contributed by atoms with van der Waals surface area (Å²) in [5, 5.41) is 0.261. The van der Waals surface area contributed by atoms with E-state index in [9.17, 15) is 4.79 Å². The predicted molar refractivity (Wildman–Crippen MR) is 76.4 cm³/mol. The van der Waals surface area contributed by atoms with Gasteiger partial charge in [0.1, 0.15) is 0 Å². The number of thioether (sulfide) groups is 1. The average Bonchev–Trinajstić information content (AvgIpc) is 2.24. The van der Waals surface area contributed by atoms with E-state index >= 15 is 0 Å². The summed E-state index contributed by atoms with van der Waals surface area (Å²) in [6, 6.07) is 0. The molecule has 0 fully saturated rings. The molecule has 102 valence electrons. The SMILES string of the molecule is CCCOCC(C)(C)C(=O)SCCCC(C)C. The van der Waals surface area contributed by atoms with Gasteiger partial charge >= 0.3 is 0 Å². The van der Waals surface area contributed by atoms with Crippen LogP contribution in [-0.2, 0) is 9.53 Å². The fraction of sp³-hybridized carbons (Fsp3) is 0.929. The molecule has 0 bridgehead atoms. The van der Waals surface area contributed by atoms with Crippen LogP contribution in [0.25, 0.3) is 0 Å². The lowest BCUT2D eigenvalue weighted by Gasteiger charge is -2.22. The fourth-order valence-electron chi connectivity index (χ4n) is 1.38. The minimum Gasteiger partial charge on any atom is -0.380 e. The molecule has 0 aromatic carbocycles. The Balaban J connectivity index is 3.78. The maximum Gasteiger partial charge on any atom is 0.196 e. The van der Waals surface area contributed by atoms with Crippen LogP contribution in [0, 0.1) is 11.3 Å². The minimum absolute atomic E-state index is 0.261. The Morgan fingerprint density at radius 2 is 2.00 bits per heavy atom. The van der Waals surface area contributed by atoms with Crippen LogP contribution in [0.4, 0.5) is 0 Å². The van der Waals surface area contributed by atoms with Gasteiger partial charge in [0.2, 0.25) is 0 Å². The van der Waals surface area contributed by atoms with Gasteiger partial charge in [0.15, 0.2) is 5.12 Å². The average molecular weight is 260 g/mol. The third-order valence-corrected chi connectivity index (χ3v) is 3.83. The topological polar surface area (TPSA) is 26.3 Å². The van der Waals surface area contributed by atoms with E-state index in [4.69, 9.17) is 4.74 Å². The van der Waals surface area contributed by atoms with E-state index in [0.717, 1.165) is 31.1 Å². The molecular weight excluding hydrogens is 232 g/mol. The Hall–Kier alpha value is -0.0200. The molecule has 0 amide bonds. The van der Waals surface area contributed by atoms with Crippen molar-refractivity contribution < 1.29 is 9.53 Å². The highest BCUT2D eigenvalue weighted by Gasteiger charge is 2.27. The molecule has 2 nitrogen and oxygen atoms in total. The van der Waals surface area contributed by atoms with Crippen molar-refractivity contribution >= 4 is 16.9 Å². The van der Waals surface area contributed by atoms with Crippen LogP contribution in [0.5, 0.6) is 0 Å². The van der Waals surface area contributed by atoms with E-state index in [2.05, 4.69) is 20.8 Å². The number of carbonyl (C=O) groups is 1. The van der Waals surface area contributed by atoms with Crippen molar-refractivity contribution in [3.05, 3.63) is 0 Å². The molecule has 0 aliphatic heterocycles. The molecule has 0 aliphatic rings. The van der Waals surface area contributed by atoms with Crippen LogP contribution in [0.1, 0.15) is 53.9 Å². The molecule has 0 aliphatic carbocycles. The molecule has 0 N–H and O–H groups in total. The zero-order valence-corrected chi connectivity index (χ0v) is 12.9. The maximum absolute atomic E-state index is 12.0. The van der Waals surface area contributed by atoms with Gasteiger partial charge in [0.25, 0.3) is 0 Å². The first kappa shape index (κ1) is 17.0. The Bertz CT molecular complexity index is 212. The van der Waals surface area contributed by atoms with E-state index in [-0.39, 0.29) is 10.5 Å². The summed E-state index contributed by atoms with van der Waals surface area (Å²) in [4.78, 5) is 12.0. The number of carbonyl (C=O) groups excluding carboxylic acids is 1. The molecule has 0 atom stereocenters. The molecule has 17 heavy (non-hydrogen) atoms. The normalized spacial score (nSPS) is 12.1. The van der Waals surface area contributed by atoms with Crippen molar-refractivity contribution in [2.24, 2.45) is 11.3 Å². The lowest BCUT2D eigenvalue weighted by atomic mass is 9.97. The third kappa shape index (κ3) is 8.67. The van der Waals surface area contributed by atoms with Gasteiger partial charge in [-0.05, 0) is 32.6 Å². The highest BCUT2D eigenvalue weighted by atomic mass is 32.2. The van der Waals surface area contributed by atoms with E-state index in [1.54, 1.807) is 0 Å². The van der Waals surface area contributed by atoms with Crippen molar-refractivity contribution in [2.45, 2.75) is 53.9 Å². The summed E-state index contributed by atoms with van der Waals surface area (Å²) in [7, 11) is 0. The Morgan fingerprint density at radius 1 is 1.35 bits per heavy atom. The highest BCUT2D eigenvalue weighted by Crippen LogP contribution is 2.25. The van der Waals surface area contributed by atoms with Gasteiger partial charge < -0.3 is 4.74 Å². The van der Waals surface area contributed by atoms with Crippen LogP contribution in [-0.4, -0.2) is 24.1 Å². The van der Waals surface area contributed by atoms with Crippen molar-refractivity contribution in [1.29, 1.82) is 0 Å². The molecule has 0 heterocycles. The van der Waals surface area contributed by atoms with Gasteiger partial charge in [0.05, 0.1) is 12.0 Å². The first-order valence-electron chi connectivity index (χ1n) is 6.65. The van der Waals surface area contributed by atoms with Crippen LogP contribution in [0.2, 0.25) is 0 Å². The molecule has 3 heteroatoms. The molecule has 0 saturated heterocycles. The van der Waals surface area contributed by atoms with Gasteiger partial charge in [-0.2, -0.15) is 0 Å². The zero-order valence-electron chi connectivity index (χ0n) is 12.0. The van der Waals surface area contributed by atoms with Gasteiger partial charge in [-0.25, -0.2) is 0 Å². The van der Waals surface area contributed by atoms with Crippen molar-refractivity contribution in [3.8, 4) is 0 Å². The van der Waals surface area contributed by atoms with E-state index in [1.165, 1.54) is 18.2 Å². The van der Waals surface area contributed by atoms with E-state index in [1.807, 2.05) is 13.8 Å². The van der Waals surface area contributed by atoms with Gasteiger partial charge in [-0.1, -0.05) is 39.0 Å². The molecule has 0 rings (SSSR count). The summed E-state index contributed by atoms with van der Waals surface area (Å²) >= 11 is 1.46. The number of hydrogen-bond acceptors (Lipinski definition) is 3. The monoisotopic (exact) mass is 260 g/mol. The summed E-state index contributed by atoms with van der Waals surface area (Å²) in [5.41, 5.74) is -0.350. The zero-order chi connectivity index (χ0) is 13.3. The largest absolute Gasteiger partial charge is 0.380 e. The second kappa shape index (κ2) is 8.98. The molecule has 0 aromatic heterocycles. The summed E-state index contributed by atoms with van der Waals surface area (Å²) in [6.07, 6.45) is 3.33. The highest BCUT2D eigenvalue weighted by molar-refractivity contribution is 8.13. The molecule has 0 unspecified atom stereocenters. The number of hydrogen-bond donors (Lipinski definition) is 0. The molecule has 0 spiro atoms. The van der Waals surface area contributed by atoms with Gasteiger partial charge in [0, 0.05) is 12.4 Å². The van der Waals surface area contributed by atoms with E-state index < -0.39 is 0 Å². The Labute approximate surface area is 111 Å². The lowest BCUT2D eigenvalue weighted by molar-refractivity contribution is -0.121. The summed E-state index contributed by atoms with van der Waals surface area (Å²) < 4.78 is 5.48. The van der Waals surface area contributed by atoms with Crippen LogP contribution >= 0.6 is 11.8 Å². The van der Waals surface area contributed by atoms with Crippen molar-refractivity contribution in [3.63, 3.8) is 0 Å². The Morgan fingerprint density at radius 3 is 2.53 bits per heavy atom. The molecule has 0 saturated carbocycles. The minimum atomic E-state index is -0.350. The van der Waals surface area contributed by atoms with Gasteiger partial charge in [-0.15, -0.1) is 0 Å². The van der Waals surface area contributed by atoms with Crippen molar-refractivity contribution in [2.75, 3.05) is 19.0 Å². The smallest absolute Gasteiger partial charge is 0.196 e. The second-order valence-corrected chi connectivity index (χ2v) is 6.68. The number of ether oxygens (including phenoxy) is 1. The molecule has 0 aromatic rings. The van der Waals surface area contributed by atoms with Crippen LogP contribution in [0.3, 0.4) is 0 Å². The number of rotatable bonds is 9. The first-order valence-corrected chi connectivity index (χ1v) is 7.63. The maximum atomic E-state index is 12.0.